The van der Waals surface area contributed by atoms with Gasteiger partial charge in [-0.05, 0) is 74.5 Å². The van der Waals surface area contributed by atoms with Crippen LogP contribution in [0, 0.1) is 5.92 Å². The van der Waals surface area contributed by atoms with Crippen molar-refractivity contribution in [2.45, 2.75) is 12.8 Å². The minimum Gasteiger partial charge on any atom is -0.465 e. The molecule has 1 amide bonds. The number of benzene rings is 2. The Morgan fingerprint density at radius 3 is 2.17 bits per heavy atom. The van der Waals surface area contributed by atoms with E-state index in [0.29, 0.717) is 34.9 Å². The first-order valence-corrected chi connectivity index (χ1v) is 9.84. The summed E-state index contributed by atoms with van der Waals surface area (Å²) in [4.78, 5) is 38.4. The van der Waals surface area contributed by atoms with E-state index in [4.69, 9.17) is 11.6 Å². The second-order valence-corrected chi connectivity index (χ2v) is 7.48. The van der Waals surface area contributed by atoms with E-state index in [1.54, 1.807) is 48.5 Å². The predicted molar refractivity (Wildman–Crippen MR) is 111 cm³/mol. The molecule has 1 saturated heterocycles. The average Bonchev–Trinajstić information content (AvgIpc) is 2.74. The molecule has 2 aromatic rings. The lowest BCUT2D eigenvalue weighted by Gasteiger charge is -2.30. The minimum absolute atomic E-state index is 0.0265. The second-order valence-electron chi connectivity index (χ2n) is 7.04. The van der Waals surface area contributed by atoms with Gasteiger partial charge < -0.3 is 10.1 Å². The smallest absolute Gasteiger partial charge is 0.337 e. The molecule has 2 aromatic carbocycles. The number of anilines is 1. The Labute approximate surface area is 174 Å². The Morgan fingerprint density at radius 1 is 1.00 bits per heavy atom. The normalized spacial score (nSPS) is 15.0. The molecule has 0 radical (unpaired) electrons. The summed E-state index contributed by atoms with van der Waals surface area (Å²) >= 11 is 5.88. The molecule has 7 heteroatoms. The van der Waals surface area contributed by atoms with Gasteiger partial charge in [-0.3, -0.25) is 14.5 Å². The van der Waals surface area contributed by atoms with Gasteiger partial charge in [0.15, 0.2) is 5.78 Å². The number of carbonyl (C=O) groups is 3. The summed E-state index contributed by atoms with van der Waals surface area (Å²) in [6.45, 7) is 1.65. The van der Waals surface area contributed by atoms with Gasteiger partial charge in [0.1, 0.15) is 0 Å². The van der Waals surface area contributed by atoms with Crippen molar-refractivity contribution in [1.82, 2.24) is 4.90 Å². The standard InChI is InChI=1S/C22H23ClN2O4/c1-29-22(28)17-4-8-19(9-5-17)24-20(26)14-25-12-10-16(11-13-25)21(27)15-2-6-18(23)7-3-15/h2-9,16H,10-14H2,1H3,(H,24,26). The quantitative estimate of drug-likeness (QED) is 0.576. The lowest BCUT2D eigenvalue weighted by atomic mass is 9.89. The van der Waals surface area contributed by atoms with Crippen LogP contribution in [0.25, 0.3) is 0 Å². The molecule has 152 valence electrons. The highest BCUT2D eigenvalue weighted by Gasteiger charge is 2.26. The zero-order valence-corrected chi connectivity index (χ0v) is 16.9. The van der Waals surface area contributed by atoms with Crippen molar-refractivity contribution in [2.75, 3.05) is 32.1 Å². The van der Waals surface area contributed by atoms with Crippen molar-refractivity contribution < 1.29 is 19.1 Å². The molecule has 0 aliphatic carbocycles. The molecule has 1 aliphatic rings. The first kappa shape index (κ1) is 21.0. The molecule has 1 N–H and O–H groups in total. The first-order valence-electron chi connectivity index (χ1n) is 9.46. The molecule has 0 bridgehead atoms. The third-order valence-corrected chi connectivity index (χ3v) is 5.30. The number of nitrogens with zero attached hydrogens (tertiary/aromatic N) is 1. The SMILES string of the molecule is COC(=O)c1ccc(NC(=O)CN2CCC(C(=O)c3ccc(Cl)cc3)CC2)cc1. The van der Waals surface area contributed by atoms with Gasteiger partial charge in [-0.2, -0.15) is 0 Å². The number of carbonyl (C=O) groups excluding carboxylic acids is 3. The Morgan fingerprint density at radius 2 is 1.59 bits per heavy atom. The summed E-state index contributed by atoms with van der Waals surface area (Å²) in [5.41, 5.74) is 1.73. The van der Waals surface area contributed by atoms with E-state index < -0.39 is 5.97 Å². The predicted octanol–water partition coefficient (Wildman–Crippen LogP) is 3.66. The van der Waals surface area contributed by atoms with Crippen LogP contribution in [0.1, 0.15) is 33.6 Å². The van der Waals surface area contributed by atoms with Crippen LogP contribution < -0.4 is 5.32 Å². The zero-order chi connectivity index (χ0) is 20.8. The van der Waals surface area contributed by atoms with Crippen LogP contribution in [0.2, 0.25) is 5.02 Å². The van der Waals surface area contributed by atoms with E-state index >= 15 is 0 Å². The molecule has 29 heavy (non-hydrogen) atoms. The number of ether oxygens (including phenoxy) is 1. The van der Waals surface area contributed by atoms with Crippen LogP contribution in [0.15, 0.2) is 48.5 Å². The molecule has 0 saturated carbocycles. The zero-order valence-electron chi connectivity index (χ0n) is 16.2. The van der Waals surface area contributed by atoms with E-state index in [9.17, 15) is 14.4 Å². The number of rotatable bonds is 6. The van der Waals surface area contributed by atoms with Crippen molar-refractivity contribution in [2.24, 2.45) is 5.92 Å². The van der Waals surface area contributed by atoms with Crippen molar-refractivity contribution in [1.29, 1.82) is 0 Å². The van der Waals surface area contributed by atoms with Crippen LogP contribution in [-0.4, -0.2) is 49.3 Å². The molecular weight excluding hydrogens is 392 g/mol. The van der Waals surface area contributed by atoms with Gasteiger partial charge in [0, 0.05) is 22.2 Å². The summed E-state index contributed by atoms with van der Waals surface area (Å²) in [7, 11) is 1.32. The Hall–Kier alpha value is -2.70. The van der Waals surface area contributed by atoms with Crippen molar-refractivity contribution >= 4 is 34.9 Å². The van der Waals surface area contributed by atoms with Crippen molar-refractivity contribution in [3.63, 3.8) is 0 Å². The van der Waals surface area contributed by atoms with Gasteiger partial charge in [-0.1, -0.05) is 11.6 Å². The molecule has 0 atom stereocenters. The van der Waals surface area contributed by atoms with Crippen LogP contribution >= 0.6 is 11.6 Å². The van der Waals surface area contributed by atoms with Gasteiger partial charge in [-0.15, -0.1) is 0 Å². The number of hydrogen-bond acceptors (Lipinski definition) is 5. The number of likely N-dealkylation sites (tertiary alicyclic amines) is 1. The molecule has 0 unspecified atom stereocenters. The van der Waals surface area contributed by atoms with Gasteiger partial charge in [0.05, 0.1) is 19.2 Å². The molecule has 1 heterocycles. The summed E-state index contributed by atoms with van der Waals surface area (Å²) in [5.74, 6) is -0.435. The fourth-order valence-corrected chi connectivity index (χ4v) is 3.54. The van der Waals surface area contributed by atoms with Crippen molar-refractivity contribution in [3.05, 3.63) is 64.7 Å². The Balaban J connectivity index is 1.46. The largest absolute Gasteiger partial charge is 0.465 e. The maximum atomic E-state index is 12.6. The summed E-state index contributed by atoms with van der Waals surface area (Å²) in [6.07, 6.45) is 1.45. The van der Waals surface area contributed by atoms with Crippen LogP contribution in [-0.2, 0) is 9.53 Å². The molecular formula is C22H23ClN2O4. The molecule has 6 nitrogen and oxygen atoms in total. The number of methoxy groups -OCH3 is 1. The van der Waals surface area contributed by atoms with Crippen LogP contribution in [0.3, 0.4) is 0 Å². The topological polar surface area (TPSA) is 75.7 Å². The third kappa shape index (κ3) is 5.65. The summed E-state index contributed by atoms with van der Waals surface area (Å²) in [6, 6.07) is 13.5. The molecule has 3 rings (SSSR count). The first-order chi connectivity index (χ1) is 14.0. The van der Waals surface area contributed by atoms with Gasteiger partial charge in [0.25, 0.3) is 0 Å². The molecule has 1 fully saturated rings. The number of nitrogens with one attached hydrogen (secondary N) is 1. The van der Waals surface area contributed by atoms with E-state index in [2.05, 4.69) is 10.1 Å². The maximum absolute atomic E-state index is 12.6. The number of halogens is 1. The Bertz CT molecular complexity index is 873. The molecule has 0 aromatic heterocycles. The second kappa shape index (κ2) is 9.67. The van der Waals surface area contributed by atoms with E-state index in [1.165, 1.54) is 7.11 Å². The number of Topliss-reactive ketones (excluding diaryl/α,β-unsaturated/α-hetero) is 1. The van der Waals surface area contributed by atoms with E-state index in [0.717, 1.165) is 12.8 Å². The van der Waals surface area contributed by atoms with Crippen LogP contribution in [0.4, 0.5) is 5.69 Å². The fraction of sp³-hybridized carbons (Fsp3) is 0.318. The van der Waals surface area contributed by atoms with E-state index in [-0.39, 0.29) is 24.2 Å². The fourth-order valence-electron chi connectivity index (χ4n) is 3.41. The third-order valence-electron chi connectivity index (χ3n) is 5.04. The van der Waals surface area contributed by atoms with Gasteiger partial charge >= 0.3 is 5.97 Å². The number of piperidine rings is 1. The van der Waals surface area contributed by atoms with Gasteiger partial charge in [-0.25, -0.2) is 4.79 Å². The summed E-state index contributed by atoms with van der Waals surface area (Å²) in [5, 5.41) is 3.44. The summed E-state index contributed by atoms with van der Waals surface area (Å²) < 4.78 is 4.65. The highest BCUT2D eigenvalue weighted by Crippen LogP contribution is 2.22. The highest BCUT2D eigenvalue weighted by atomic mass is 35.5. The lowest BCUT2D eigenvalue weighted by molar-refractivity contribution is -0.117. The molecule has 0 spiro atoms. The molecule has 1 aliphatic heterocycles. The Kier molecular flexibility index (Phi) is 7.01. The average molecular weight is 415 g/mol. The number of amides is 1. The van der Waals surface area contributed by atoms with Crippen molar-refractivity contribution in [3.8, 4) is 0 Å². The van der Waals surface area contributed by atoms with Crippen LogP contribution in [0.5, 0.6) is 0 Å². The lowest BCUT2D eigenvalue weighted by Crippen LogP contribution is -2.40. The maximum Gasteiger partial charge on any atom is 0.337 e. The minimum atomic E-state index is -0.418. The monoisotopic (exact) mass is 414 g/mol. The number of ketones is 1. The highest BCUT2D eigenvalue weighted by molar-refractivity contribution is 6.30. The number of esters is 1. The number of hydrogen-bond donors (Lipinski definition) is 1. The van der Waals surface area contributed by atoms with Gasteiger partial charge in [0.2, 0.25) is 5.91 Å². The van der Waals surface area contributed by atoms with E-state index in [1.807, 2.05) is 4.90 Å².